The minimum atomic E-state index is -4.67. The molecule has 0 unspecified atom stereocenters. The molecule has 0 saturated heterocycles. The maximum Gasteiger partial charge on any atom is 1.00 e. The molecule has 0 spiro atoms. The van der Waals surface area contributed by atoms with Crippen molar-refractivity contribution in [3.05, 3.63) is 0 Å². The van der Waals surface area contributed by atoms with E-state index in [1.807, 2.05) is 0 Å². The third kappa shape index (κ3) is 213. The molecule has 46 valence electrons. The summed E-state index contributed by atoms with van der Waals surface area (Å²) in [4.78, 5) is 0. The van der Waals surface area contributed by atoms with Crippen molar-refractivity contribution in [3.63, 3.8) is 0 Å². The van der Waals surface area contributed by atoms with Gasteiger partial charge in [-0.3, -0.25) is 9.11 Å². The Morgan fingerprint density at radius 3 is 1.25 bits per heavy atom. The third-order valence-corrected chi connectivity index (χ3v) is 0. The minimum absolute atomic E-state index is 0. The third-order valence-electron chi connectivity index (χ3n) is 0. The molecule has 0 rings (SSSR count). The van der Waals surface area contributed by atoms with Gasteiger partial charge in [-0.25, -0.2) is 11.9 Å². The van der Waals surface area contributed by atoms with E-state index in [4.69, 9.17) is 22.2 Å². The smallest absolute Gasteiger partial charge is 0.769 e. The van der Waals surface area contributed by atoms with Gasteiger partial charge in [-0.15, -0.1) is 0 Å². The van der Waals surface area contributed by atoms with Crippen molar-refractivity contribution in [3.8, 4) is 0 Å². The monoisotopic (exact) mass is 172 g/mol. The average Bonchev–Trinajstić information content (AvgIpc) is 1.36. The maximum atomic E-state index is 8.74. The summed E-state index contributed by atoms with van der Waals surface area (Å²) in [6, 6.07) is 0. The molecule has 0 radical (unpaired) electrons. The Bertz CT molecular complexity index is 95.6. The molecule has 0 atom stereocenters. The molecule has 2 N–H and O–H groups in total. The second kappa shape index (κ2) is 8.12. The molecule has 5 nitrogen and oxygen atoms in total. The maximum absolute atomic E-state index is 8.74. The Balaban J connectivity index is -0.0000000750. The summed E-state index contributed by atoms with van der Waals surface area (Å²) in [5, 5.41) is 0. The van der Waals surface area contributed by atoms with Crippen LogP contribution in [-0.2, 0) is 10.4 Å². The largest absolute Gasteiger partial charge is 1.00 e. The first-order valence-electron chi connectivity index (χ1n) is 0.853. The fourth-order valence-corrected chi connectivity index (χ4v) is 0. The number of hydrogen-bond donors (Lipinski definition) is 2. The van der Waals surface area contributed by atoms with Crippen molar-refractivity contribution in [2.75, 3.05) is 0 Å². The van der Waals surface area contributed by atoms with Crippen molar-refractivity contribution >= 4 is 22.3 Å². The molecule has 8 heteroatoms. The van der Waals surface area contributed by atoms with Crippen LogP contribution in [0, 0.1) is 0 Å². The molecule has 0 heterocycles. The number of halogens is 1. The van der Waals surface area contributed by atoms with Crippen molar-refractivity contribution in [2.24, 2.45) is 0 Å². The Labute approximate surface area is 73.7 Å². The molecule has 0 aliphatic rings. The Morgan fingerprint density at radius 2 is 1.25 bits per heavy atom. The summed E-state index contributed by atoms with van der Waals surface area (Å²) in [7, 11) is -4.67. The molecule has 0 aliphatic carbocycles. The molecule has 0 aromatic carbocycles. The van der Waals surface area contributed by atoms with Gasteiger partial charge in [-0.1, -0.05) is 0 Å². The zero-order valence-electron chi connectivity index (χ0n) is 3.91. The normalized spacial score (nSPS) is 8.00. The van der Waals surface area contributed by atoms with Crippen molar-refractivity contribution in [1.29, 1.82) is 0 Å². The zero-order chi connectivity index (χ0) is 6.50. The molecule has 8 heavy (non-hydrogen) atoms. The van der Waals surface area contributed by atoms with Gasteiger partial charge >= 0.3 is 40.0 Å². The van der Waals surface area contributed by atoms with E-state index in [0.717, 1.165) is 0 Å². The van der Waals surface area contributed by atoms with Gasteiger partial charge in [0.2, 0.25) is 0 Å². The van der Waals surface area contributed by atoms with Gasteiger partial charge in [-0.05, 0) is 0 Å². The van der Waals surface area contributed by atoms with Crippen LogP contribution in [-0.4, -0.2) is 17.5 Å². The van der Waals surface area contributed by atoms with E-state index in [1.54, 1.807) is 0 Å². The number of rotatable bonds is 0. The first kappa shape index (κ1) is 16.1. The molecule has 0 fully saturated rings. The molecular weight excluding hydrogens is 171 g/mol. The van der Waals surface area contributed by atoms with Crippen molar-refractivity contribution in [2.45, 2.75) is 0 Å². The van der Waals surface area contributed by atoms with Gasteiger partial charge in [0.25, 0.3) is 0 Å². The van der Waals surface area contributed by atoms with Crippen LogP contribution in [0.3, 0.4) is 0 Å². The van der Waals surface area contributed by atoms with Crippen molar-refractivity contribution < 1.29 is 51.7 Å². The van der Waals surface area contributed by atoms with Crippen LogP contribution >= 0.6 is 11.9 Å². The molecule has 0 amide bonds. The zero-order valence-corrected chi connectivity index (χ0v) is 7.48. The minimum Gasteiger partial charge on any atom is -0.769 e. The molecule has 0 aromatic heterocycles. The quantitative estimate of drug-likeness (QED) is 0.286. The van der Waals surface area contributed by atoms with Crippen LogP contribution in [0.2, 0.25) is 0 Å². The SMILES string of the molecule is O=S(=O)(O)O.[Na+].[O-]Cl. The molecule has 0 aromatic rings. The summed E-state index contributed by atoms with van der Waals surface area (Å²) >= 11 is 3.39. The fraction of sp³-hybridized carbons (Fsp3) is 0. The first-order valence-corrected chi connectivity index (χ1v) is 2.56. The van der Waals surface area contributed by atoms with E-state index in [-0.39, 0.29) is 29.6 Å². The molecular formula is H2ClNaO5S. The van der Waals surface area contributed by atoms with Gasteiger partial charge in [0.1, 0.15) is 0 Å². The van der Waals surface area contributed by atoms with Gasteiger partial charge in [0.05, 0.1) is 0 Å². The summed E-state index contributed by atoms with van der Waals surface area (Å²) in [5.74, 6) is 0. The second-order valence-corrected chi connectivity index (χ2v) is 1.34. The standard InChI is InChI=1S/ClO.Na.H2O4S/c1-2;;1-5(2,3)4/h;;(H2,1,2,3,4)/q-1;+1;. The average molecular weight is 173 g/mol. The summed E-state index contributed by atoms with van der Waals surface area (Å²) < 4.78 is 39.3. The van der Waals surface area contributed by atoms with Crippen LogP contribution in [0.15, 0.2) is 0 Å². The molecule has 0 saturated carbocycles. The van der Waals surface area contributed by atoms with Crippen LogP contribution in [0.1, 0.15) is 0 Å². The van der Waals surface area contributed by atoms with E-state index >= 15 is 0 Å². The van der Waals surface area contributed by atoms with Crippen molar-refractivity contribution in [1.82, 2.24) is 0 Å². The summed E-state index contributed by atoms with van der Waals surface area (Å²) in [5.41, 5.74) is 0. The molecule has 0 bridgehead atoms. The van der Waals surface area contributed by atoms with E-state index in [9.17, 15) is 0 Å². The summed E-state index contributed by atoms with van der Waals surface area (Å²) in [6.45, 7) is 0. The van der Waals surface area contributed by atoms with Gasteiger partial charge in [0.15, 0.2) is 0 Å². The van der Waals surface area contributed by atoms with Crippen LogP contribution in [0.25, 0.3) is 0 Å². The van der Waals surface area contributed by atoms with Crippen LogP contribution in [0.4, 0.5) is 0 Å². The second-order valence-electron chi connectivity index (χ2n) is 0.448. The molecule has 0 aliphatic heterocycles. The Morgan fingerprint density at radius 1 is 1.25 bits per heavy atom. The van der Waals surface area contributed by atoms with Gasteiger partial charge in [0, 0.05) is 0 Å². The number of hydrogen-bond acceptors (Lipinski definition) is 3. The van der Waals surface area contributed by atoms with Crippen LogP contribution < -0.4 is 34.2 Å². The summed E-state index contributed by atoms with van der Waals surface area (Å²) in [6.07, 6.45) is 0. The van der Waals surface area contributed by atoms with Crippen LogP contribution in [0.5, 0.6) is 0 Å². The Kier molecular flexibility index (Phi) is 16.3. The predicted octanol–water partition coefficient (Wildman–Crippen LogP) is -4.15. The van der Waals surface area contributed by atoms with Gasteiger partial charge in [-0.2, -0.15) is 8.42 Å². The predicted molar refractivity (Wildman–Crippen MR) is 20.0 cm³/mol. The topological polar surface area (TPSA) is 97.7 Å². The first-order chi connectivity index (χ1) is 3.00. The van der Waals surface area contributed by atoms with Gasteiger partial charge < -0.3 is 4.66 Å². The van der Waals surface area contributed by atoms with E-state index in [0.29, 0.717) is 0 Å². The van der Waals surface area contributed by atoms with E-state index in [2.05, 4.69) is 11.9 Å². The fourth-order valence-electron chi connectivity index (χ4n) is 0. The van der Waals surface area contributed by atoms with E-state index in [1.165, 1.54) is 0 Å². The van der Waals surface area contributed by atoms with E-state index < -0.39 is 10.4 Å². The Hall–Kier alpha value is 1.12.